The van der Waals surface area contributed by atoms with Crippen molar-refractivity contribution in [3.8, 4) is 0 Å². The van der Waals surface area contributed by atoms with E-state index in [0.29, 0.717) is 30.6 Å². The molecule has 1 amide bonds. The van der Waals surface area contributed by atoms with Crippen LogP contribution in [0.2, 0.25) is 0 Å². The number of rotatable bonds is 6. The van der Waals surface area contributed by atoms with Crippen molar-refractivity contribution < 1.29 is 9.53 Å². The van der Waals surface area contributed by atoms with E-state index in [1.54, 1.807) is 4.68 Å². The summed E-state index contributed by atoms with van der Waals surface area (Å²) < 4.78 is 7.34. The summed E-state index contributed by atoms with van der Waals surface area (Å²) in [5, 5.41) is 14.5. The Morgan fingerprint density at radius 2 is 2.29 bits per heavy atom. The summed E-state index contributed by atoms with van der Waals surface area (Å²) >= 11 is 0. The van der Waals surface area contributed by atoms with E-state index in [2.05, 4.69) is 21.0 Å². The normalized spacial score (nSPS) is 30.2. The Morgan fingerprint density at radius 3 is 3.08 bits per heavy atom. The molecule has 3 atom stereocenters. The van der Waals surface area contributed by atoms with Crippen molar-refractivity contribution in [1.29, 1.82) is 0 Å². The van der Waals surface area contributed by atoms with Crippen LogP contribution in [0.1, 0.15) is 32.1 Å². The Hall–Kier alpha value is -1.60. The fourth-order valence-corrected chi connectivity index (χ4v) is 3.90. The summed E-state index contributed by atoms with van der Waals surface area (Å²) in [6.07, 6.45) is 9.64. The fraction of sp³-hybridized carbons (Fsp3) is 0.765. The second-order valence-electron chi connectivity index (χ2n) is 7.25. The van der Waals surface area contributed by atoms with Crippen molar-refractivity contribution >= 4 is 11.6 Å². The van der Waals surface area contributed by atoms with Gasteiger partial charge in [-0.25, -0.2) is 0 Å². The molecule has 0 aromatic carbocycles. The van der Waals surface area contributed by atoms with Crippen molar-refractivity contribution in [2.45, 2.75) is 56.8 Å². The number of carbonyl (C=O) groups excluding carboxylic acids is 1. The third-order valence-corrected chi connectivity index (χ3v) is 5.27. The van der Waals surface area contributed by atoms with Crippen LogP contribution < -0.4 is 16.0 Å². The lowest BCUT2D eigenvalue weighted by Crippen LogP contribution is -2.49. The molecular weight excluding hydrogens is 306 g/mol. The molecule has 132 valence electrons. The topological polar surface area (TPSA) is 80.2 Å². The van der Waals surface area contributed by atoms with E-state index in [4.69, 9.17) is 4.74 Å². The number of morpholine rings is 1. The van der Waals surface area contributed by atoms with Crippen LogP contribution in [0.4, 0.5) is 5.69 Å². The molecule has 3 unspecified atom stereocenters. The molecule has 0 bridgehead atoms. The lowest BCUT2D eigenvalue weighted by molar-refractivity contribution is -0.122. The van der Waals surface area contributed by atoms with Crippen molar-refractivity contribution in [3.63, 3.8) is 0 Å². The quantitative estimate of drug-likeness (QED) is 0.715. The van der Waals surface area contributed by atoms with E-state index in [9.17, 15) is 4.79 Å². The van der Waals surface area contributed by atoms with Gasteiger partial charge >= 0.3 is 0 Å². The van der Waals surface area contributed by atoms with Gasteiger partial charge in [-0.1, -0.05) is 6.42 Å². The van der Waals surface area contributed by atoms with Crippen LogP contribution in [0.3, 0.4) is 0 Å². The van der Waals surface area contributed by atoms with Crippen molar-refractivity contribution in [1.82, 2.24) is 20.4 Å². The third-order valence-electron chi connectivity index (χ3n) is 5.27. The summed E-state index contributed by atoms with van der Waals surface area (Å²) in [6, 6.07) is 1.29. The number of amides is 1. The number of anilines is 1. The first kappa shape index (κ1) is 15.9. The SMILES string of the molecule is O=C(Cn1cc(NC2CCCC2C2COCCN2)cn1)NC1CC1. The van der Waals surface area contributed by atoms with Crippen LogP contribution >= 0.6 is 0 Å². The zero-order valence-electron chi connectivity index (χ0n) is 14.0. The average molecular weight is 333 g/mol. The molecule has 3 fully saturated rings. The minimum Gasteiger partial charge on any atom is -0.379 e. The second-order valence-corrected chi connectivity index (χ2v) is 7.25. The number of hydrogen-bond donors (Lipinski definition) is 3. The van der Waals surface area contributed by atoms with Gasteiger partial charge in [0.25, 0.3) is 0 Å². The van der Waals surface area contributed by atoms with Gasteiger partial charge in [-0.3, -0.25) is 9.48 Å². The molecule has 7 nitrogen and oxygen atoms in total. The van der Waals surface area contributed by atoms with Gasteiger partial charge in [0.1, 0.15) is 6.54 Å². The molecule has 0 radical (unpaired) electrons. The predicted octanol–water partition coefficient (Wildman–Crippen LogP) is 0.731. The first-order valence-corrected chi connectivity index (χ1v) is 9.17. The Kier molecular flexibility index (Phi) is 4.71. The highest BCUT2D eigenvalue weighted by Crippen LogP contribution is 2.31. The van der Waals surface area contributed by atoms with Gasteiger partial charge in [0.2, 0.25) is 5.91 Å². The van der Waals surface area contributed by atoms with Crippen LogP contribution in [0.25, 0.3) is 0 Å². The molecule has 2 saturated carbocycles. The first-order valence-electron chi connectivity index (χ1n) is 9.17. The monoisotopic (exact) mass is 333 g/mol. The van der Waals surface area contributed by atoms with Gasteiger partial charge in [0, 0.05) is 30.9 Å². The molecule has 2 aliphatic carbocycles. The molecule has 3 aliphatic rings. The van der Waals surface area contributed by atoms with Gasteiger partial charge in [-0.05, 0) is 31.6 Å². The maximum Gasteiger partial charge on any atom is 0.241 e. The number of hydrogen-bond acceptors (Lipinski definition) is 5. The maximum absolute atomic E-state index is 11.9. The molecule has 1 aromatic heterocycles. The highest BCUT2D eigenvalue weighted by molar-refractivity contribution is 5.76. The minimum atomic E-state index is 0.0504. The van der Waals surface area contributed by atoms with Gasteiger partial charge < -0.3 is 20.7 Å². The molecule has 4 rings (SSSR count). The summed E-state index contributed by atoms with van der Waals surface area (Å²) in [5.74, 6) is 0.640. The zero-order valence-corrected chi connectivity index (χ0v) is 14.0. The van der Waals surface area contributed by atoms with Crippen molar-refractivity contribution in [2.24, 2.45) is 5.92 Å². The van der Waals surface area contributed by atoms with Gasteiger partial charge in [-0.2, -0.15) is 5.10 Å². The summed E-state index contributed by atoms with van der Waals surface area (Å²) in [6.45, 7) is 2.87. The molecule has 2 heterocycles. The molecule has 1 aromatic rings. The highest BCUT2D eigenvalue weighted by Gasteiger charge is 2.34. The maximum atomic E-state index is 11.9. The van der Waals surface area contributed by atoms with E-state index >= 15 is 0 Å². The molecule has 0 spiro atoms. The summed E-state index contributed by atoms with van der Waals surface area (Å²) in [7, 11) is 0. The van der Waals surface area contributed by atoms with E-state index in [1.807, 2.05) is 12.4 Å². The number of nitrogens with zero attached hydrogens (tertiary/aromatic N) is 2. The first-order chi connectivity index (χ1) is 11.8. The zero-order chi connectivity index (χ0) is 16.4. The summed E-state index contributed by atoms with van der Waals surface area (Å²) in [4.78, 5) is 11.9. The van der Waals surface area contributed by atoms with Gasteiger partial charge in [0.15, 0.2) is 0 Å². The number of aromatic nitrogens is 2. The van der Waals surface area contributed by atoms with E-state index in [-0.39, 0.29) is 5.91 Å². The predicted molar refractivity (Wildman–Crippen MR) is 90.8 cm³/mol. The molecule has 24 heavy (non-hydrogen) atoms. The smallest absolute Gasteiger partial charge is 0.241 e. The average Bonchev–Trinajstić information content (AvgIpc) is 3.09. The van der Waals surface area contributed by atoms with Crippen LogP contribution in [-0.2, 0) is 16.1 Å². The van der Waals surface area contributed by atoms with Crippen LogP contribution in [-0.4, -0.2) is 53.6 Å². The van der Waals surface area contributed by atoms with Crippen molar-refractivity contribution in [2.75, 3.05) is 25.1 Å². The van der Waals surface area contributed by atoms with E-state index in [0.717, 1.165) is 38.3 Å². The number of ether oxygens (including phenoxy) is 1. The molecule has 1 saturated heterocycles. The van der Waals surface area contributed by atoms with Crippen molar-refractivity contribution in [3.05, 3.63) is 12.4 Å². The van der Waals surface area contributed by atoms with E-state index in [1.165, 1.54) is 19.3 Å². The Balaban J connectivity index is 1.31. The van der Waals surface area contributed by atoms with Crippen LogP contribution in [0.15, 0.2) is 12.4 Å². The fourth-order valence-electron chi connectivity index (χ4n) is 3.90. The lowest BCUT2D eigenvalue weighted by atomic mass is 9.94. The minimum absolute atomic E-state index is 0.0504. The highest BCUT2D eigenvalue weighted by atomic mass is 16.5. The lowest BCUT2D eigenvalue weighted by Gasteiger charge is -2.33. The summed E-state index contributed by atoms with van der Waals surface area (Å²) in [5.41, 5.74) is 1.00. The Morgan fingerprint density at radius 1 is 1.38 bits per heavy atom. The molecule has 1 aliphatic heterocycles. The standard InChI is InChI=1S/C17H27N5O2/c23-17(21-12-4-5-12)10-22-9-13(8-19-22)20-15-3-1-2-14(15)16-11-24-7-6-18-16/h8-9,12,14-16,18,20H,1-7,10-11H2,(H,21,23). The van der Waals surface area contributed by atoms with Gasteiger partial charge in [-0.15, -0.1) is 0 Å². The molecular formula is C17H27N5O2. The molecule has 7 heteroatoms. The van der Waals surface area contributed by atoms with Gasteiger partial charge in [0.05, 0.1) is 25.1 Å². The Labute approximate surface area is 142 Å². The number of nitrogens with one attached hydrogen (secondary N) is 3. The molecule has 3 N–H and O–H groups in total. The second kappa shape index (κ2) is 7.11. The van der Waals surface area contributed by atoms with Crippen LogP contribution in [0.5, 0.6) is 0 Å². The van der Waals surface area contributed by atoms with Crippen LogP contribution in [0, 0.1) is 5.92 Å². The number of carbonyl (C=O) groups is 1. The van der Waals surface area contributed by atoms with E-state index < -0.39 is 0 Å². The third kappa shape index (κ3) is 3.89. The largest absolute Gasteiger partial charge is 0.379 e. The Bertz CT molecular complexity index is 565.